The second kappa shape index (κ2) is 10.7. The molecule has 1 amide bonds. The van der Waals surface area contributed by atoms with E-state index in [4.69, 9.17) is 16.6 Å². The maximum absolute atomic E-state index is 11.8. The molecule has 1 heterocycles. The molecule has 0 unspecified atom stereocenters. The molecule has 4 N–H and O–H groups in total. The van der Waals surface area contributed by atoms with E-state index >= 15 is 0 Å². The lowest BCUT2D eigenvalue weighted by atomic mass is 10.1. The van der Waals surface area contributed by atoms with Crippen LogP contribution in [-0.2, 0) is 12.8 Å². The molecule has 0 radical (unpaired) electrons. The van der Waals surface area contributed by atoms with Gasteiger partial charge in [0.05, 0.1) is 0 Å². The summed E-state index contributed by atoms with van der Waals surface area (Å²) in [7, 11) is 1.64. The van der Waals surface area contributed by atoms with Gasteiger partial charge < -0.3 is 20.9 Å². The molecule has 3 aromatic rings. The zero-order valence-corrected chi connectivity index (χ0v) is 18.1. The smallest absolute Gasteiger partial charge is 0.251 e. The topological polar surface area (TPSA) is 81.3 Å². The summed E-state index contributed by atoms with van der Waals surface area (Å²) in [6.45, 7) is 4.24. The minimum atomic E-state index is -0.0710. The van der Waals surface area contributed by atoms with E-state index in [0.717, 1.165) is 53.4 Å². The SMILES string of the molecule is CCNC(=NCCc1c[nH]c2ccc(Cl)cc12)NCCc1cccc(C(=O)NC)c1. The van der Waals surface area contributed by atoms with E-state index in [9.17, 15) is 4.79 Å². The molecule has 6 nitrogen and oxygen atoms in total. The van der Waals surface area contributed by atoms with Gasteiger partial charge >= 0.3 is 0 Å². The van der Waals surface area contributed by atoms with Gasteiger partial charge in [0, 0.05) is 54.4 Å². The number of amides is 1. The molecule has 0 saturated carbocycles. The van der Waals surface area contributed by atoms with Gasteiger partial charge in [0.2, 0.25) is 0 Å². The van der Waals surface area contributed by atoms with Crippen LogP contribution in [0.2, 0.25) is 5.02 Å². The van der Waals surface area contributed by atoms with Gasteiger partial charge in [0.1, 0.15) is 0 Å². The Balaban J connectivity index is 1.55. The predicted molar refractivity (Wildman–Crippen MR) is 125 cm³/mol. The average molecular weight is 426 g/mol. The van der Waals surface area contributed by atoms with Crippen LogP contribution in [0.4, 0.5) is 0 Å². The Hall–Kier alpha value is -2.99. The van der Waals surface area contributed by atoms with Crippen LogP contribution in [0.25, 0.3) is 10.9 Å². The van der Waals surface area contributed by atoms with Gasteiger partial charge in [-0.15, -0.1) is 0 Å². The minimum Gasteiger partial charge on any atom is -0.361 e. The van der Waals surface area contributed by atoms with Crippen LogP contribution in [0.5, 0.6) is 0 Å². The summed E-state index contributed by atoms with van der Waals surface area (Å²) in [6, 6.07) is 13.6. The number of aliphatic imine (C=N–C) groups is 1. The van der Waals surface area contributed by atoms with Crippen LogP contribution >= 0.6 is 11.6 Å². The molecule has 158 valence electrons. The number of carbonyl (C=O) groups excluding carboxylic acids is 1. The van der Waals surface area contributed by atoms with E-state index in [1.54, 1.807) is 7.05 Å². The zero-order chi connectivity index (χ0) is 21.3. The third kappa shape index (κ3) is 5.76. The Morgan fingerprint density at radius 3 is 2.80 bits per heavy atom. The third-order valence-corrected chi connectivity index (χ3v) is 5.08. The fourth-order valence-electron chi connectivity index (χ4n) is 3.33. The van der Waals surface area contributed by atoms with Gasteiger partial charge in [0.25, 0.3) is 5.91 Å². The number of fused-ring (bicyclic) bond motifs is 1. The Labute approximate surface area is 182 Å². The van der Waals surface area contributed by atoms with Crippen molar-refractivity contribution in [2.24, 2.45) is 4.99 Å². The normalized spacial score (nSPS) is 11.5. The molecule has 0 aliphatic heterocycles. The van der Waals surface area contributed by atoms with E-state index < -0.39 is 0 Å². The molecule has 0 atom stereocenters. The van der Waals surface area contributed by atoms with Gasteiger partial charge in [-0.1, -0.05) is 23.7 Å². The maximum atomic E-state index is 11.8. The lowest BCUT2D eigenvalue weighted by molar-refractivity contribution is 0.0963. The molecule has 1 aromatic heterocycles. The first-order valence-electron chi connectivity index (χ1n) is 10.2. The van der Waals surface area contributed by atoms with Crippen LogP contribution in [0, 0.1) is 0 Å². The Morgan fingerprint density at radius 2 is 2.00 bits per heavy atom. The van der Waals surface area contributed by atoms with Gasteiger partial charge in [-0.25, -0.2) is 0 Å². The van der Waals surface area contributed by atoms with Gasteiger partial charge in [-0.2, -0.15) is 0 Å². The quantitative estimate of drug-likeness (QED) is 0.329. The van der Waals surface area contributed by atoms with Crippen molar-refractivity contribution in [1.82, 2.24) is 20.9 Å². The molecule has 0 aliphatic rings. The molecule has 7 heteroatoms. The summed E-state index contributed by atoms with van der Waals surface area (Å²) >= 11 is 6.13. The van der Waals surface area contributed by atoms with Gasteiger partial charge in [-0.3, -0.25) is 9.79 Å². The van der Waals surface area contributed by atoms with E-state index in [2.05, 4.69) is 20.9 Å². The van der Waals surface area contributed by atoms with Crippen LogP contribution in [0.15, 0.2) is 53.7 Å². The molecule has 30 heavy (non-hydrogen) atoms. The van der Waals surface area contributed by atoms with Crippen LogP contribution in [-0.4, -0.2) is 43.5 Å². The van der Waals surface area contributed by atoms with Crippen molar-refractivity contribution >= 4 is 34.4 Å². The van der Waals surface area contributed by atoms with Crippen molar-refractivity contribution in [3.63, 3.8) is 0 Å². The van der Waals surface area contributed by atoms with E-state index in [0.29, 0.717) is 12.1 Å². The summed E-state index contributed by atoms with van der Waals surface area (Å²) in [5, 5.41) is 11.2. The molecule has 0 fully saturated rings. The molecule has 0 bridgehead atoms. The standard InChI is InChI=1S/C23H28ClN5O/c1-3-26-23(27-11-9-16-5-4-6-17(13-16)22(30)25-2)28-12-10-18-15-29-21-8-7-19(24)14-20(18)21/h4-8,13-15,29H,3,9-12H2,1-2H3,(H,25,30)(H2,26,27,28). The number of carbonyl (C=O) groups is 1. The second-order valence-electron chi connectivity index (χ2n) is 6.97. The Kier molecular flexibility index (Phi) is 7.74. The largest absolute Gasteiger partial charge is 0.361 e. The van der Waals surface area contributed by atoms with Gasteiger partial charge in [0.15, 0.2) is 5.96 Å². The first kappa shape index (κ1) is 21.7. The molecule has 0 saturated heterocycles. The number of hydrogen-bond acceptors (Lipinski definition) is 2. The number of nitrogens with zero attached hydrogens (tertiary/aromatic N) is 1. The molecule has 3 rings (SSSR count). The maximum Gasteiger partial charge on any atom is 0.251 e. The zero-order valence-electron chi connectivity index (χ0n) is 17.4. The minimum absolute atomic E-state index is 0.0710. The number of guanidine groups is 1. The monoisotopic (exact) mass is 425 g/mol. The summed E-state index contributed by atoms with van der Waals surface area (Å²) in [4.78, 5) is 19.8. The molecular formula is C23H28ClN5O. The number of rotatable bonds is 8. The van der Waals surface area contributed by atoms with Crippen LogP contribution in [0.3, 0.4) is 0 Å². The fraction of sp³-hybridized carbons (Fsp3) is 0.304. The highest BCUT2D eigenvalue weighted by molar-refractivity contribution is 6.31. The summed E-state index contributed by atoms with van der Waals surface area (Å²) in [6.07, 6.45) is 3.65. The second-order valence-corrected chi connectivity index (χ2v) is 7.41. The highest BCUT2D eigenvalue weighted by Gasteiger charge is 2.06. The lowest BCUT2D eigenvalue weighted by Crippen LogP contribution is -2.38. The third-order valence-electron chi connectivity index (χ3n) is 4.85. The summed E-state index contributed by atoms with van der Waals surface area (Å²) in [5.41, 5.74) is 4.07. The molecule has 0 aliphatic carbocycles. The van der Waals surface area contributed by atoms with Crippen LogP contribution < -0.4 is 16.0 Å². The van der Waals surface area contributed by atoms with Crippen molar-refractivity contribution < 1.29 is 4.79 Å². The van der Waals surface area contributed by atoms with Crippen molar-refractivity contribution in [2.45, 2.75) is 19.8 Å². The molecule has 0 spiro atoms. The number of aromatic nitrogens is 1. The highest BCUT2D eigenvalue weighted by Crippen LogP contribution is 2.22. The first-order chi connectivity index (χ1) is 14.6. The average Bonchev–Trinajstić information content (AvgIpc) is 3.15. The molecular weight excluding hydrogens is 398 g/mol. The highest BCUT2D eigenvalue weighted by atomic mass is 35.5. The summed E-state index contributed by atoms with van der Waals surface area (Å²) in [5.74, 6) is 0.719. The van der Waals surface area contributed by atoms with Crippen molar-refractivity contribution in [2.75, 3.05) is 26.7 Å². The molecule has 2 aromatic carbocycles. The number of halogens is 1. The number of H-pyrrole nitrogens is 1. The fourth-order valence-corrected chi connectivity index (χ4v) is 3.50. The number of hydrogen-bond donors (Lipinski definition) is 4. The van der Waals surface area contributed by atoms with Crippen molar-refractivity contribution in [3.05, 3.63) is 70.4 Å². The van der Waals surface area contributed by atoms with Crippen molar-refractivity contribution in [1.29, 1.82) is 0 Å². The lowest BCUT2D eigenvalue weighted by Gasteiger charge is -2.11. The first-order valence-corrected chi connectivity index (χ1v) is 10.6. The van der Waals surface area contributed by atoms with Gasteiger partial charge in [-0.05, 0) is 61.2 Å². The van der Waals surface area contributed by atoms with E-state index in [1.807, 2.05) is 55.6 Å². The summed E-state index contributed by atoms with van der Waals surface area (Å²) < 4.78 is 0. The van der Waals surface area contributed by atoms with Crippen LogP contribution in [0.1, 0.15) is 28.4 Å². The van der Waals surface area contributed by atoms with E-state index in [1.165, 1.54) is 5.56 Å². The van der Waals surface area contributed by atoms with E-state index in [-0.39, 0.29) is 5.91 Å². The Bertz CT molecular complexity index is 1030. The predicted octanol–water partition coefficient (Wildman–Crippen LogP) is 3.52. The number of aromatic amines is 1. The Morgan fingerprint density at radius 1 is 1.13 bits per heavy atom. The number of benzene rings is 2. The van der Waals surface area contributed by atoms with Crippen molar-refractivity contribution in [3.8, 4) is 0 Å². The number of nitrogens with one attached hydrogen (secondary N) is 4.